The summed E-state index contributed by atoms with van der Waals surface area (Å²) < 4.78 is 0. The maximum absolute atomic E-state index is 11.3. The van der Waals surface area contributed by atoms with E-state index in [1.54, 1.807) is 0 Å². The number of fused-ring (bicyclic) bond motifs is 1. The summed E-state index contributed by atoms with van der Waals surface area (Å²) >= 11 is 0. The molecule has 0 bridgehead atoms. The number of hydrogen-bond donors (Lipinski definition) is 1. The van der Waals surface area contributed by atoms with E-state index in [1.807, 2.05) is 0 Å². The van der Waals surface area contributed by atoms with E-state index >= 15 is 0 Å². The Morgan fingerprint density at radius 1 is 1.53 bits per heavy atom. The van der Waals surface area contributed by atoms with Crippen LogP contribution in [0.5, 0.6) is 0 Å². The van der Waals surface area contributed by atoms with E-state index in [0.29, 0.717) is 17.9 Å². The lowest BCUT2D eigenvalue weighted by atomic mass is 9.94. The Hall–Kier alpha value is -0.570. The van der Waals surface area contributed by atoms with Gasteiger partial charge in [-0.1, -0.05) is 13.3 Å². The quantitative estimate of drug-likeness (QED) is 0.776. The molecule has 4 atom stereocenters. The molecule has 1 aliphatic carbocycles. The summed E-state index contributed by atoms with van der Waals surface area (Å²) in [6, 6.07) is 0.212. The maximum atomic E-state index is 11.3. The normalized spacial score (nSPS) is 37.9. The van der Waals surface area contributed by atoms with Crippen molar-refractivity contribution in [2.24, 2.45) is 11.8 Å². The van der Waals surface area contributed by atoms with Crippen molar-refractivity contribution in [1.29, 1.82) is 0 Å². The molecule has 0 amide bonds. The highest BCUT2D eigenvalue weighted by Gasteiger charge is 2.48. The van der Waals surface area contributed by atoms with Crippen molar-refractivity contribution in [2.45, 2.75) is 51.6 Å². The lowest BCUT2D eigenvalue weighted by Crippen LogP contribution is -2.44. The SMILES string of the molecule is CCC(C)N1CC2CCCC2C1C(=O)O. The van der Waals surface area contributed by atoms with E-state index in [0.717, 1.165) is 19.4 Å². The van der Waals surface area contributed by atoms with Gasteiger partial charge in [0.15, 0.2) is 0 Å². The molecule has 1 aliphatic heterocycles. The van der Waals surface area contributed by atoms with Crippen LogP contribution in [0.4, 0.5) is 0 Å². The molecule has 2 aliphatic rings. The molecule has 3 heteroatoms. The van der Waals surface area contributed by atoms with Crippen molar-refractivity contribution in [3.63, 3.8) is 0 Å². The van der Waals surface area contributed by atoms with Gasteiger partial charge in [0.2, 0.25) is 0 Å². The highest BCUT2D eigenvalue weighted by Crippen LogP contribution is 2.43. The zero-order chi connectivity index (χ0) is 11.0. The molecule has 1 heterocycles. The zero-order valence-corrected chi connectivity index (χ0v) is 9.65. The second-order valence-electron chi connectivity index (χ2n) is 5.09. The molecule has 2 rings (SSSR count). The first-order valence-electron chi connectivity index (χ1n) is 6.13. The van der Waals surface area contributed by atoms with Crippen LogP contribution in [0.15, 0.2) is 0 Å². The lowest BCUT2D eigenvalue weighted by molar-refractivity contribution is -0.144. The van der Waals surface area contributed by atoms with E-state index in [4.69, 9.17) is 0 Å². The van der Waals surface area contributed by atoms with Crippen LogP contribution in [-0.4, -0.2) is 34.6 Å². The molecule has 0 aromatic carbocycles. The van der Waals surface area contributed by atoms with E-state index < -0.39 is 5.97 Å². The predicted octanol–water partition coefficient (Wildman–Crippen LogP) is 1.97. The second-order valence-corrected chi connectivity index (χ2v) is 5.09. The minimum atomic E-state index is -0.607. The monoisotopic (exact) mass is 211 g/mol. The first-order valence-corrected chi connectivity index (χ1v) is 6.13. The molecule has 15 heavy (non-hydrogen) atoms. The van der Waals surface area contributed by atoms with E-state index in [2.05, 4.69) is 18.7 Å². The molecule has 1 N–H and O–H groups in total. The molecular weight excluding hydrogens is 190 g/mol. The van der Waals surface area contributed by atoms with Gasteiger partial charge in [0, 0.05) is 12.6 Å². The molecule has 0 aromatic heterocycles. The van der Waals surface area contributed by atoms with E-state index in [1.165, 1.54) is 12.8 Å². The average molecular weight is 211 g/mol. The molecular formula is C12H21NO2. The number of rotatable bonds is 3. The zero-order valence-electron chi connectivity index (χ0n) is 9.65. The third-order valence-corrected chi connectivity index (χ3v) is 4.34. The van der Waals surface area contributed by atoms with E-state index in [-0.39, 0.29) is 6.04 Å². The van der Waals surface area contributed by atoms with Crippen LogP contribution in [0.2, 0.25) is 0 Å². The van der Waals surface area contributed by atoms with Gasteiger partial charge in [-0.15, -0.1) is 0 Å². The molecule has 86 valence electrons. The highest BCUT2D eigenvalue weighted by atomic mass is 16.4. The van der Waals surface area contributed by atoms with Crippen molar-refractivity contribution in [2.75, 3.05) is 6.54 Å². The van der Waals surface area contributed by atoms with Crippen LogP contribution < -0.4 is 0 Å². The number of nitrogens with zero attached hydrogens (tertiary/aromatic N) is 1. The minimum absolute atomic E-state index is 0.201. The molecule has 0 aromatic rings. The Kier molecular flexibility index (Phi) is 3.01. The fourth-order valence-corrected chi connectivity index (χ4v) is 3.35. The van der Waals surface area contributed by atoms with Crippen LogP contribution in [0.1, 0.15) is 39.5 Å². The maximum Gasteiger partial charge on any atom is 0.321 e. The number of carboxylic acid groups (broad SMARTS) is 1. The fourth-order valence-electron chi connectivity index (χ4n) is 3.35. The molecule has 3 nitrogen and oxygen atoms in total. The Balaban J connectivity index is 2.15. The van der Waals surface area contributed by atoms with Crippen LogP contribution in [0, 0.1) is 11.8 Å². The summed E-state index contributed by atoms with van der Waals surface area (Å²) in [6.07, 6.45) is 4.63. The van der Waals surface area contributed by atoms with Gasteiger partial charge in [-0.25, -0.2) is 0 Å². The van der Waals surface area contributed by atoms with E-state index in [9.17, 15) is 9.90 Å². The Morgan fingerprint density at radius 3 is 2.87 bits per heavy atom. The lowest BCUT2D eigenvalue weighted by Gasteiger charge is -2.29. The summed E-state index contributed by atoms with van der Waals surface area (Å²) in [6.45, 7) is 5.30. The number of hydrogen-bond acceptors (Lipinski definition) is 2. The topological polar surface area (TPSA) is 40.5 Å². The summed E-state index contributed by atoms with van der Waals surface area (Å²) in [5.41, 5.74) is 0. The van der Waals surface area contributed by atoms with Gasteiger partial charge in [-0.3, -0.25) is 9.69 Å². The standard InChI is InChI=1S/C12H21NO2/c1-3-8(2)13-7-9-5-4-6-10(9)11(13)12(14)15/h8-11H,3-7H2,1-2H3,(H,14,15). The first-order chi connectivity index (χ1) is 7.15. The molecule has 0 spiro atoms. The molecule has 4 unspecified atom stereocenters. The molecule has 1 saturated carbocycles. The van der Waals surface area contributed by atoms with Crippen LogP contribution >= 0.6 is 0 Å². The third kappa shape index (κ3) is 1.78. The van der Waals surface area contributed by atoms with Crippen LogP contribution in [0.25, 0.3) is 0 Å². The largest absolute Gasteiger partial charge is 0.480 e. The molecule has 2 fully saturated rings. The Labute approximate surface area is 91.5 Å². The van der Waals surface area contributed by atoms with Gasteiger partial charge >= 0.3 is 5.97 Å². The molecule has 0 radical (unpaired) electrons. The number of carbonyl (C=O) groups is 1. The van der Waals surface area contributed by atoms with Crippen molar-refractivity contribution in [3.8, 4) is 0 Å². The summed E-state index contributed by atoms with van der Waals surface area (Å²) in [5, 5.41) is 9.33. The van der Waals surface area contributed by atoms with Gasteiger partial charge in [-0.05, 0) is 38.0 Å². The second kappa shape index (κ2) is 4.12. The fraction of sp³-hybridized carbons (Fsp3) is 0.917. The average Bonchev–Trinajstić information content (AvgIpc) is 2.73. The number of likely N-dealkylation sites (tertiary alicyclic amines) is 1. The number of aliphatic carboxylic acids is 1. The Morgan fingerprint density at radius 2 is 2.27 bits per heavy atom. The smallest absolute Gasteiger partial charge is 0.321 e. The predicted molar refractivity (Wildman–Crippen MR) is 58.7 cm³/mol. The van der Waals surface area contributed by atoms with Crippen molar-refractivity contribution >= 4 is 5.97 Å². The van der Waals surface area contributed by atoms with Crippen molar-refractivity contribution in [1.82, 2.24) is 4.90 Å². The van der Waals surface area contributed by atoms with Crippen molar-refractivity contribution in [3.05, 3.63) is 0 Å². The highest BCUT2D eigenvalue weighted by molar-refractivity contribution is 5.74. The molecule has 1 saturated heterocycles. The Bertz CT molecular complexity index is 254. The van der Waals surface area contributed by atoms with Crippen molar-refractivity contribution < 1.29 is 9.90 Å². The van der Waals surface area contributed by atoms with Gasteiger partial charge in [0.05, 0.1) is 0 Å². The number of carboxylic acids is 1. The first kappa shape index (κ1) is 10.9. The van der Waals surface area contributed by atoms with Crippen LogP contribution in [-0.2, 0) is 4.79 Å². The van der Waals surface area contributed by atoms with Gasteiger partial charge in [0.25, 0.3) is 0 Å². The minimum Gasteiger partial charge on any atom is -0.480 e. The summed E-state index contributed by atoms with van der Waals surface area (Å²) in [7, 11) is 0. The van der Waals surface area contributed by atoms with Gasteiger partial charge < -0.3 is 5.11 Å². The summed E-state index contributed by atoms with van der Waals surface area (Å²) in [5.74, 6) is 0.473. The third-order valence-electron chi connectivity index (χ3n) is 4.34. The van der Waals surface area contributed by atoms with Crippen LogP contribution in [0.3, 0.4) is 0 Å². The van der Waals surface area contributed by atoms with Gasteiger partial charge in [-0.2, -0.15) is 0 Å². The summed E-state index contributed by atoms with van der Waals surface area (Å²) in [4.78, 5) is 13.6. The van der Waals surface area contributed by atoms with Gasteiger partial charge in [0.1, 0.15) is 6.04 Å².